The van der Waals surface area contributed by atoms with E-state index in [9.17, 15) is 0 Å². The van der Waals surface area contributed by atoms with Crippen molar-refractivity contribution < 1.29 is 23.7 Å². The fourth-order valence-corrected chi connectivity index (χ4v) is 3.65. The van der Waals surface area contributed by atoms with Gasteiger partial charge in [0, 0.05) is 23.7 Å². The van der Waals surface area contributed by atoms with Crippen LogP contribution in [0, 0.1) is 11.8 Å². The molecule has 0 bridgehead atoms. The number of hydrogen-bond acceptors (Lipinski definition) is 6. The highest BCUT2D eigenvalue weighted by Crippen LogP contribution is 2.49. The zero-order chi connectivity index (χ0) is 19.7. The van der Waals surface area contributed by atoms with Crippen LogP contribution in [0.25, 0.3) is 0 Å². The van der Waals surface area contributed by atoms with Gasteiger partial charge in [0.25, 0.3) is 0 Å². The van der Waals surface area contributed by atoms with Crippen LogP contribution in [0.3, 0.4) is 0 Å². The van der Waals surface area contributed by atoms with Gasteiger partial charge in [0.15, 0.2) is 11.5 Å². The molecule has 0 spiro atoms. The normalized spacial score (nSPS) is 17.4. The molecule has 28 heavy (non-hydrogen) atoms. The van der Waals surface area contributed by atoms with Gasteiger partial charge >= 0.3 is 0 Å². The molecule has 0 saturated carbocycles. The van der Waals surface area contributed by atoms with E-state index in [1.807, 2.05) is 18.2 Å². The summed E-state index contributed by atoms with van der Waals surface area (Å²) < 4.78 is 27.6. The summed E-state index contributed by atoms with van der Waals surface area (Å²) in [6.45, 7) is 1.11. The number of rotatable bonds is 3. The van der Waals surface area contributed by atoms with E-state index < -0.39 is 0 Å². The SMILES string of the molecule is COc1cc(C#C[C@@H]2c3c(cc4c(c3OC)OCO4)CCN2C)cc(OC)c1. The Morgan fingerprint density at radius 3 is 2.43 bits per heavy atom. The van der Waals surface area contributed by atoms with Crippen LogP contribution in [-0.4, -0.2) is 46.6 Å². The first kappa shape index (κ1) is 18.3. The Kier molecular flexibility index (Phi) is 4.93. The minimum Gasteiger partial charge on any atom is -0.497 e. The molecule has 6 heteroatoms. The Bertz CT molecular complexity index is 937. The smallest absolute Gasteiger partial charge is 0.231 e. The maximum Gasteiger partial charge on any atom is 0.231 e. The molecular formula is C22H23NO5. The van der Waals surface area contributed by atoms with Gasteiger partial charge in [-0.2, -0.15) is 0 Å². The van der Waals surface area contributed by atoms with Gasteiger partial charge in [-0.1, -0.05) is 11.8 Å². The Balaban J connectivity index is 1.78. The van der Waals surface area contributed by atoms with Crippen LogP contribution in [0.15, 0.2) is 24.3 Å². The average molecular weight is 381 g/mol. The van der Waals surface area contributed by atoms with Crippen LogP contribution in [-0.2, 0) is 6.42 Å². The quantitative estimate of drug-likeness (QED) is 0.762. The number of methoxy groups -OCH3 is 3. The summed E-state index contributed by atoms with van der Waals surface area (Å²) >= 11 is 0. The number of hydrogen-bond donors (Lipinski definition) is 0. The van der Waals surface area contributed by atoms with Gasteiger partial charge in [-0.25, -0.2) is 0 Å². The average Bonchev–Trinajstić information content (AvgIpc) is 3.19. The van der Waals surface area contributed by atoms with Gasteiger partial charge < -0.3 is 23.7 Å². The van der Waals surface area contributed by atoms with Gasteiger partial charge in [0.2, 0.25) is 12.5 Å². The Hall–Kier alpha value is -3.04. The summed E-state index contributed by atoms with van der Waals surface area (Å²) in [6, 6.07) is 7.56. The Morgan fingerprint density at radius 1 is 1.00 bits per heavy atom. The lowest BCUT2D eigenvalue weighted by molar-refractivity contribution is 0.171. The molecule has 4 rings (SSSR count). The van der Waals surface area contributed by atoms with Gasteiger partial charge in [0.05, 0.1) is 21.3 Å². The summed E-state index contributed by atoms with van der Waals surface area (Å²) in [5.41, 5.74) is 3.06. The maximum atomic E-state index is 5.72. The lowest BCUT2D eigenvalue weighted by Gasteiger charge is -2.32. The molecule has 0 radical (unpaired) electrons. The summed E-state index contributed by atoms with van der Waals surface area (Å²) in [5.74, 6) is 10.2. The van der Waals surface area contributed by atoms with Crippen molar-refractivity contribution in [1.82, 2.24) is 4.90 Å². The molecule has 146 valence electrons. The second-order valence-electron chi connectivity index (χ2n) is 6.72. The molecule has 0 aliphatic carbocycles. The van der Waals surface area contributed by atoms with E-state index in [-0.39, 0.29) is 12.8 Å². The Morgan fingerprint density at radius 2 is 1.75 bits per heavy atom. The van der Waals surface area contributed by atoms with Crippen LogP contribution in [0.5, 0.6) is 28.7 Å². The molecule has 2 aromatic rings. The van der Waals surface area contributed by atoms with Crippen molar-refractivity contribution in [3.63, 3.8) is 0 Å². The van der Waals surface area contributed by atoms with Gasteiger partial charge in [-0.3, -0.25) is 4.90 Å². The minimum atomic E-state index is -0.120. The van der Waals surface area contributed by atoms with E-state index in [1.54, 1.807) is 21.3 Å². The molecule has 0 unspecified atom stereocenters. The molecule has 0 saturated heterocycles. The molecule has 0 aromatic heterocycles. The monoisotopic (exact) mass is 381 g/mol. The third-order valence-corrected chi connectivity index (χ3v) is 5.10. The number of nitrogens with zero attached hydrogens (tertiary/aromatic N) is 1. The van der Waals surface area contributed by atoms with Gasteiger partial charge in [-0.05, 0) is 37.2 Å². The molecular weight excluding hydrogens is 358 g/mol. The maximum absolute atomic E-state index is 5.72. The fraction of sp³-hybridized carbons (Fsp3) is 0.364. The van der Waals surface area contributed by atoms with Crippen LogP contribution in [0.1, 0.15) is 22.7 Å². The summed E-state index contributed by atoms with van der Waals surface area (Å²) in [5, 5.41) is 0. The van der Waals surface area contributed by atoms with E-state index in [0.29, 0.717) is 23.0 Å². The standard InChI is InChI=1S/C22H23NO5/c1-23-8-7-15-11-19-21(28-13-27-19)22(26-4)20(15)18(23)6-5-14-9-16(24-2)12-17(10-14)25-3/h9-12,18H,7-8,13H2,1-4H3/t18-/m1/s1. The predicted octanol–water partition coefficient (Wildman–Crippen LogP) is 3.02. The largest absolute Gasteiger partial charge is 0.497 e. The first-order valence-electron chi connectivity index (χ1n) is 9.08. The van der Waals surface area contributed by atoms with E-state index in [0.717, 1.165) is 29.8 Å². The van der Waals surface area contributed by atoms with Crippen molar-refractivity contribution in [3.05, 3.63) is 41.0 Å². The number of ether oxygens (including phenoxy) is 5. The third-order valence-electron chi connectivity index (χ3n) is 5.10. The second kappa shape index (κ2) is 7.53. The van der Waals surface area contributed by atoms with Crippen molar-refractivity contribution in [2.75, 3.05) is 41.7 Å². The van der Waals surface area contributed by atoms with Crippen LogP contribution >= 0.6 is 0 Å². The van der Waals surface area contributed by atoms with Crippen molar-refractivity contribution in [2.24, 2.45) is 0 Å². The zero-order valence-electron chi connectivity index (χ0n) is 16.5. The molecule has 2 aliphatic rings. The molecule has 0 fully saturated rings. The van der Waals surface area contributed by atoms with Gasteiger partial charge in [0.1, 0.15) is 17.5 Å². The Labute approximate surface area is 164 Å². The summed E-state index contributed by atoms with van der Waals surface area (Å²) in [4.78, 5) is 2.22. The first-order valence-corrected chi connectivity index (χ1v) is 9.08. The summed E-state index contributed by atoms with van der Waals surface area (Å²) in [6.07, 6.45) is 0.907. The van der Waals surface area contributed by atoms with E-state index in [2.05, 4.69) is 29.9 Å². The van der Waals surface area contributed by atoms with E-state index in [4.69, 9.17) is 23.7 Å². The van der Waals surface area contributed by atoms with Crippen LogP contribution < -0.4 is 23.7 Å². The molecule has 1 atom stereocenters. The predicted molar refractivity (Wildman–Crippen MR) is 105 cm³/mol. The van der Waals surface area contributed by atoms with Gasteiger partial charge in [-0.15, -0.1) is 0 Å². The molecule has 0 N–H and O–H groups in total. The van der Waals surface area contributed by atoms with Crippen molar-refractivity contribution in [1.29, 1.82) is 0 Å². The lowest BCUT2D eigenvalue weighted by Crippen LogP contribution is -2.31. The number of likely N-dealkylation sites (N-methyl/N-ethyl adjacent to an activating group) is 1. The third kappa shape index (κ3) is 3.19. The number of fused-ring (bicyclic) bond motifs is 2. The molecule has 2 heterocycles. The van der Waals surface area contributed by atoms with Crippen LogP contribution in [0.4, 0.5) is 0 Å². The van der Waals surface area contributed by atoms with E-state index in [1.165, 1.54) is 5.56 Å². The minimum absolute atomic E-state index is 0.120. The first-order chi connectivity index (χ1) is 13.6. The second-order valence-corrected chi connectivity index (χ2v) is 6.72. The van der Waals surface area contributed by atoms with Crippen molar-refractivity contribution in [3.8, 4) is 40.6 Å². The van der Waals surface area contributed by atoms with E-state index >= 15 is 0 Å². The fourth-order valence-electron chi connectivity index (χ4n) is 3.65. The highest BCUT2D eigenvalue weighted by molar-refractivity contribution is 5.63. The van der Waals surface area contributed by atoms with Crippen molar-refractivity contribution >= 4 is 0 Å². The van der Waals surface area contributed by atoms with Crippen molar-refractivity contribution in [2.45, 2.75) is 12.5 Å². The number of benzene rings is 2. The highest BCUT2D eigenvalue weighted by Gasteiger charge is 2.33. The lowest BCUT2D eigenvalue weighted by atomic mass is 9.91. The molecule has 2 aromatic carbocycles. The molecule has 2 aliphatic heterocycles. The topological polar surface area (TPSA) is 49.4 Å². The summed E-state index contributed by atoms with van der Waals surface area (Å²) in [7, 11) is 6.98. The zero-order valence-corrected chi connectivity index (χ0v) is 16.5. The highest BCUT2D eigenvalue weighted by atomic mass is 16.7. The molecule has 6 nitrogen and oxygen atoms in total. The van der Waals surface area contributed by atoms with Crippen LogP contribution in [0.2, 0.25) is 0 Å². The molecule has 0 amide bonds.